The molecule has 1 aliphatic heterocycles. The van der Waals surface area contributed by atoms with Gasteiger partial charge in [-0.3, -0.25) is 4.79 Å². The summed E-state index contributed by atoms with van der Waals surface area (Å²) in [4.78, 5) is 14.4. The van der Waals surface area contributed by atoms with Gasteiger partial charge < -0.3 is 14.7 Å². The maximum Gasteiger partial charge on any atom is 0.226 e. The lowest BCUT2D eigenvalue weighted by Gasteiger charge is -2.23. The van der Waals surface area contributed by atoms with Gasteiger partial charge in [0.1, 0.15) is 5.75 Å². The molecule has 1 N–H and O–H groups in total. The second-order valence-corrected chi connectivity index (χ2v) is 5.74. The molecular formula is C16H21NO3. The first kappa shape index (κ1) is 13.4. The van der Waals surface area contributed by atoms with Crippen LogP contribution in [0, 0.1) is 5.92 Å². The molecule has 20 heavy (non-hydrogen) atoms. The molecule has 3 rings (SSSR count). The lowest BCUT2D eigenvalue weighted by molar-refractivity contribution is -0.134. The molecule has 4 heteroatoms. The molecule has 1 aliphatic carbocycles. The Bertz CT molecular complexity index is 502. The van der Waals surface area contributed by atoms with E-state index < -0.39 is 0 Å². The summed E-state index contributed by atoms with van der Waals surface area (Å²) in [5.41, 5.74) is 1.18. The van der Waals surface area contributed by atoms with Gasteiger partial charge in [-0.05, 0) is 42.9 Å². The molecule has 4 nitrogen and oxygen atoms in total. The second-order valence-electron chi connectivity index (χ2n) is 5.74. The standard InChI is InChI=1S/C16H21NO3/c1-20-13-6-2-4-11(8-13)14-9-15(14)16(19)17-7-3-5-12(17)10-18/h2,4,6,8,12,14-15,18H,3,5,7,9-10H2,1H3/t12-,14+,15+/m1/s1. The van der Waals surface area contributed by atoms with Crippen LogP contribution in [0.1, 0.15) is 30.7 Å². The molecule has 0 unspecified atom stereocenters. The van der Waals surface area contributed by atoms with Gasteiger partial charge in [-0.25, -0.2) is 0 Å². The molecule has 0 aromatic heterocycles. The van der Waals surface area contributed by atoms with Crippen molar-refractivity contribution in [2.24, 2.45) is 5.92 Å². The number of rotatable bonds is 4. The molecule has 0 radical (unpaired) electrons. The molecule has 0 spiro atoms. The van der Waals surface area contributed by atoms with Crippen LogP contribution in [0.15, 0.2) is 24.3 Å². The number of carbonyl (C=O) groups is 1. The van der Waals surface area contributed by atoms with E-state index >= 15 is 0 Å². The van der Waals surface area contributed by atoms with Crippen LogP contribution in [0.2, 0.25) is 0 Å². The van der Waals surface area contributed by atoms with E-state index in [0.717, 1.165) is 31.6 Å². The Hall–Kier alpha value is -1.55. The van der Waals surface area contributed by atoms with E-state index in [9.17, 15) is 9.90 Å². The number of likely N-dealkylation sites (tertiary alicyclic amines) is 1. The van der Waals surface area contributed by atoms with Gasteiger partial charge in [0, 0.05) is 12.5 Å². The minimum Gasteiger partial charge on any atom is -0.497 e. The molecular weight excluding hydrogens is 254 g/mol. The summed E-state index contributed by atoms with van der Waals surface area (Å²) in [5, 5.41) is 9.33. The van der Waals surface area contributed by atoms with Gasteiger partial charge in [-0.2, -0.15) is 0 Å². The van der Waals surface area contributed by atoms with Crippen molar-refractivity contribution in [1.82, 2.24) is 4.90 Å². The predicted molar refractivity (Wildman–Crippen MR) is 75.7 cm³/mol. The first-order chi connectivity index (χ1) is 9.74. The van der Waals surface area contributed by atoms with E-state index in [0.29, 0.717) is 5.92 Å². The number of hydrogen-bond donors (Lipinski definition) is 1. The van der Waals surface area contributed by atoms with Gasteiger partial charge in [0.05, 0.1) is 19.8 Å². The van der Waals surface area contributed by atoms with Crippen LogP contribution < -0.4 is 4.74 Å². The number of carbonyl (C=O) groups excluding carboxylic acids is 1. The minimum absolute atomic E-state index is 0.0362. The van der Waals surface area contributed by atoms with Gasteiger partial charge >= 0.3 is 0 Å². The average molecular weight is 275 g/mol. The maximum absolute atomic E-state index is 12.5. The number of aliphatic hydroxyl groups excluding tert-OH is 1. The van der Waals surface area contributed by atoms with Gasteiger partial charge in [0.2, 0.25) is 5.91 Å². The Balaban J connectivity index is 1.67. The third-order valence-corrected chi connectivity index (χ3v) is 4.50. The highest BCUT2D eigenvalue weighted by Gasteiger charge is 2.47. The number of amides is 1. The lowest BCUT2D eigenvalue weighted by Crippen LogP contribution is -2.38. The molecule has 1 saturated heterocycles. The fourth-order valence-corrected chi connectivity index (χ4v) is 3.24. The zero-order valence-corrected chi connectivity index (χ0v) is 11.8. The number of nitrogens with zero attached hydrogens (tertiary/aromatic N) is 1. The van der Waals surface area contributed by atoms with E-state index in [2.05, 4.69) is 6.07 Å². The summed E-state index contributed by atoms with van der Waals surface area (Å²) in [7, 11) is 1.66. The molecule has 1 heterocycles. The molecule has 108 valence electrons. The van der Waals surface area contributed by atoms with Gasteiger partial charge in [0.25, 0.3) is 0 Å². The number of hydrogen-bond acceptors (Lipinski definition) is 3. The Kier molecular flexibility index (Phi) is 3.66. The van der Waals surface area contributed by atoms with Crippen molar-refractivity contribution in [2.75, 3.05) is 20.3 Å². The van der Waals surface area contributed by atoms with Crippen LogP contribution in [0.3, 0.4) is 0 Å². The molecule has 1 aromatic carbocycles. The monoisotopic (exact) mass is 275 g/mol. The Morgan fingerprint density at radius 1 is 1.50 bits per heavy atom. The van der Waals surface area contributed by atoms with Crippen molar-refractivity contribution in [1.29, 1.82) is 0 Å². The molecule has 2 aliphatic rings. The molecule has 1 saturated carbocycles. The van der Waals surface area contributed by atoms with Gasteiger partial charge in [-0.15, -0.1) is 0 Å². The van der Waals surface area contributed by atoms with E-state index in [-0.39, 0.29) is 24.5 Å². The van der Waals surface area contributed by atoms with Crippen LogP contribution in [-0.2, 0) is 4.79 Å². The number of aliphatic hydroxyl groups is 1. The Morgan fingerprint density at radius 3 is 3.10 bits per heavy atom. The molecule has 2 fully saturated rings. The third kappa shape index (κ3) is 2.40. The Labute approximate surface area is 119 Å². The summed E-state index contributed by atoms with van der Waals surface area (Å²) in [5.74, 6) is 1.47. The van der Waals surface area contributed by atoms with Crippen molar-refractivity contribution in [3.8, 4) is 5.75 Å². The van der Waals surface area contributed by atoms with Gasteiger partial charge in [0.15, 0.2) is 0 Å². The summed E-state index contributed by atoms with van der Waals surface area (Å²) >= 11 is 0. The SMILES string of the molecule is COc1cccc([C@@H]2C[C@@H]2C(=O)N2CCC[C@@H]2CO)c1. The largest absolute Gasteiger partial charge is 0.497 e. The highest BCUT2D eigenvalue weighted by Crippen LogP contribution is 2.49. The number of methoxy groups -OCH3 is 1. The number of benzene rings is 1. The topological polar surface area (TPSA) is 49.8 Å². The highest BCUT2D eigenvalue weighted by atomic mass is 16.5. The molecule has 1 amide bonds. The molecule has 3 atom stereocenters. The van der Waals surface area contributed by atoms with Crippen LogP contribution in [0.25, 0.3) is 0 Å². The maximum atomic E-state index is 12.5. The van der Waals surface area contributed by atoms with E-state index in [1.54, 1.807) is 7.11 Å². The van der Waals surface area contributed by atoms with Crippen LogP contribution in [0.5, 0.6) is 5.75 Å². The number of ether oxygens (including phenoxy) is 1. The fourth-order valence-electron chi connectivity index (χ4n) is 3.24. The second kappa shape index (κ2) is 5.44. The fraction of sp³-hybridized carbons (Fsp3) is 0.562. The summed E-state index contributed by atoms with van der Waals surface area (Å²) < 4.78 is 5.23. The highest BCUT2D eigenvalue weighted by molar-refractivity contribution is 5.83. The normalized spacial score (nSPS) is 28.5. The van der Waals surface area contributed by atoms with Crippen LogP contribution in [0.4, 0.5) is 0 Å². The summed E-state index contributed by atoms with van der Waals surface area (Å²) in [6.07, 6.45) is 2.85. The zero-order chi connectivity index (χ0) is 14.1. The first-order valence-electron chi connectivity index (χ1n) is 7.30. The molecule has 1 aromatic rings. The van der Waals surface area contributed by atoms with E-state index in [1.807, 2.05) is 23.1 Å². The predicted octanol–water partition coefficient (Wildman–Crippen LogP) is 1.78. The Morgan fingerprint density at radius 2 is 2.35 bits per heavy atom. The quantitative estimate of drug-likeness (QED) is 0.911. The summed E-state index contributed by atoms with van der Waals surface area (Å²) in [6.45, 7) is 0.883. The zero-order valence-electron chi connectivity index (χ0n) is 11.8. The minimum atomic E-state index is 0.0362. The van der Waals surface area contributed by atoms with Crippen molar-refractivity contribution >= 4 is 5.91 Å². The molecule has 0 bridgehead atoms. The average Bonchev–Trinajstić information content (AvgIpc) is 3.15. The van der Waals surface area contributed by atoms with E-state index in [1.165, 1.54) is 5.56 Å². The van der Waals surface area contributed by atoms with E-state index in [4.69, 9.17) is 4.74 Å². The van der Waals surface area contributed by atoms with Gasteiger partial charge in [-0.1, -0.05) is 12.1 Å². The van der Waals surface area contributed by atoms with Crippen LogP contribution >= 0.6 is 0 Å². The van der Waals surface area contributed by atoms with Crippen molar-refractivity contribution in [3.05, 3.63) is 29.8 Å². The van der Waals surface area contributed by atoms with Crippen molar-refractivity contribution in [2.45, 2.75) is 31.2 Å². The van der Waals surface area contributed by atoms with Crippen molar-refractivity contribution < 1.29 is 14.6 Å². The summed E-state index contributed by atoms with van der Waals surface area (Å²) in [6, 6.07) is 8.01. The lowest BCUT2D eigenvalue weighted by atomic mass is 10.1. The van der Waals surface area contributed by atoms with Crippen molar-refractivity contribution in [3.63, 3.8) is 0 Å². The smallest absolute Gasteiger partial charge is 0.226 e. The first-order valence-corrected chi connectivity index (χ1v) is 7.30. The van der Waals surface area contributed by atoms with Crippen LogP contribution in [-0.4, -0.2) is 42.2 Å². The third-order valence-electron chi connectivity index (χ3n) is 4.50.